The third kappa shape index (κ3) is 4.02. The highest BCUT2D eigenvalue weighted by Crippen LogP contribution is 1.99. The second kappa shape index (κ2) is 6.20. The largest absolute Gasteiger partial charge is 0.343 e. The van der Waals surface area contributed by atoms with Gasteiger partial charge in [0.1, 0.15) is 0 Å². The predicted molar refractivity (Wildman–Crippen MR) is 47.5 cm³/mol. The lowest BCUT2D eigenvalue weighted by Gasteiger charge is -2.17. The van der Waals surface area contributed by atoms with Crippen LogP contribution >= 0.6 is 0 Å². The molecule has 0 aromatic rings. The second-order valence-electron chi connectivity index (χ2n) is 2.67. The van der Waals surface area contributed by atoms with Crippen LogP contribution in [0.25, 0.3) is 0 Å². The first-order chi connectivity index (χ1) is 5.26. The van der Waals surface area contributed by atoms with Gasteiger partial charge in [0, 0.05) is 19.5 Å². The highest BCUT2D eigenvalue weighted by Gasteiger charge is 2.06. The van der Waals surface area contributed by atoms with Gasteiger partial charge in [-0.3, -0.25) is 4.79 Å². The van der Waals surface area contributed by atoms with Gasteiger partial charge < -0.3 is 4.90 Å². The monoisotopic (exact) mass is 157 g/mol. The summed E-state index contributed by atoms with van der Waals surface area (Å²) in [5.74, 6) is 0.303. The van der Waals surface area contributed by atoms with Crippen molar-refractivity contribution in [3.8, 4) is 0 Å². The maximum Gasteiger partial charge on any atom is 0.222 e. The molecule has 0 saturated heterocycles. The molecule has 0 aliphatic rings. The Morgan fingerprint density at radius 2 is 1.73 bits per heavy atom. The van der Waals surface area contributed by atoms with E-state index >= 15 is 0 Å². The molecule has 0 atom stereocenters. The molecule has 1 amide bonds. The van der Waals surface area contributed by atoms with Gasteiger partial charge in [0.15, 0.2) is 0 Å². The maximum absolute atomic E-state index is 11.3. The summed E-state index contributed by atoms with van der Waals surface area (Å²) in [4.78, 5) is 13.2. The summed E-state index contributed by atoms with van der Waals surface area (Å²) < 4.78 is 0. The SMILES string of the molecule is CCCCC(=O)N(CC)CC. The zero-order valence-electron chi connectivity index (χ0n) is 7.89. The van der Waals surface area contributed by atoms with E-state index in [4.69, 9.17) is 0 Å². The third-order valence-electron chi connectivity index (χ3n) is 1.86. The van der Waals surface area contributed by atoms with E-state index in [9.17, 15) is 4.79 Å². The summed E-state index contributed by atoms with van der Waals surface area (Å²) >= 11 is 0. The van der Waals surface area contributed by atoms with Gasteiger partial charge in [-0.25, -0.2) is 0 Å². The zero-order valence-corrected chi connectivity index (χ0v) is 7.89. The zero-order chi connectivity index (χ0) is 8.69. The molecule has 0 aromatic carbocycles. The second-order valence-corrected chi connectivity index (χ2v) is 2.67. The van der Waals surface area contributed by atoms with E-state index in [-0.39, 0.29) is 0 Å². The first-order valence-corrected chi connectivity index (χ1v) is 4.54. The molecule has 0 fully saturated rings. The van der Waals surface area contributed by atoms with Crippen LogP contribution in [0, 0.1) is 0 Å². The van der Waals surface area contributed by atoms with E-state index in [0.29, 0.717) is 5.91 Å². The molecule has 0 aliphatic heterocycles. The van der Waals surface area contributed by atoms with E-state index < -0.39 is 0 Å². The van der Waals surface area contributed by atoms with Gasteiger partial charge >= 0.3 is 0 Å². The minimum Gasteiger partial charge on any atom is -0.343 e. The molecule has 66 valence electrons. The van der Waals surface area contributed by atoms with Crippen LogP contribution in [0.4, 0.5) is 0 Å². The van der Waals surface area contributed by atoms with Crippen LogP contribution in [0.3, 0.4) is 0 Å². The van der Waals surface area contributed by atoms with E-state index in [1.54, 1.807) is 0 Å². The average molecular weight is 157 g/mol. The lowest BCUT2D eigenvalue weighted by molar-refractivity contribution is -0.130. The Bertz CT molecular complexity index is 108. The smallest absolute Gasteiger partial charge is 0.222 e. The Balaban J connectivity index is 3.61. The summed E-state index contributed by atoms with van der Waals surface area (Å²) in [5, 5.41) is 0. The van der Waals surface area contributed by atoms with E-state index in [1.807, 2.05) is 18.7 Å². The number of unbranched alkanes of at least 4 members (excludes halogenated alkanes) is 1. The number of amides is 1. The highest BCUT2D eigenvalue weighted by atomic mass is 16.2. The Labute approximate surface area is 69.6 Å². The Kier molecular flexibility index (Phi) is 5.90. The normalized spacial score (nSPS) is 9.73. The van der Waals surface area contributed by atoms with Gasteiger partial charge in [-0.05, 0) is 20.3 Å². The molecule has 0 radical (unpaired) electrons. The summed E-state index contributed by atoms with van der Waals surface area (Å²) in [6.45, 7) is 7.84. The number of carbonyl (C=O) groups is 1. The molecule has 0 spiro atoms. The molecule has 0 N–H and O–H groups in total. The molecule has 11 heavy (non-hydrogen) atoms. The molecule has 0 unspecified atom stereocenters. The molecule has 0 bridgehead atoms. The summed E-state index contributed by atoms with van der Waals surface area (Å²) in [7, 11) is 0. The van der Waals surface area contributed by atoms with Gasteiger partial charge in [-0.15, -0.1) is 0 Å². The minimum absolute atomic E-state index is 0.303. The van der Waals surface area contributed by atoms with Gasteiger partial charge in [-0.2, -0.15) is 0 Å². The van der Waals surface area contributed by atoms with Crippen molar-refractivity contribution in [2.45, 2.75) is 40.0 Å². The van der Waals surface area contributed by atoms with Crippen LogP contribution in [-0.2, 0) is 4.79 Å². The Hall–Kier alpha value is -0.530. The average Bonchev–Trinajstić information content (AvgIpc) is 2.03. The summed E-state index contributed by atoms with van der Waals surface area (Å²) in [6.07, 6.45) is 2.85. The van der Waals surface area contributed by atoms with Crippen molar-refractivity contribution in [1.82, 2.24) is 4.90 Å². The molecule has 0 aliphatic carbocycles. The van der Waals surface area contributed by atoms with Crippen molar-refractivity contribution in [1.29, 1.82) is 0 Å². The van der Waals surface area contributed by atoms with Gasteiger partial charge in [0.25, 0.3) is 0 Å². The third-order valence-corrected chi connectivity index (χ3v) is 1.86. The molecule has 0 heterocycles. The lowest BCUT2D eigenvalue weighted by atomic mass is 10.2. The summed E-state index contributed by atoms with van der Waals surface area (Å²) in [5.41, 5.74) is 0. The van der Waals surface area contributed by atoms with Crippen molar-refractivity contribution in [2.24, 2.45) is 0 Å². The van der Waals surface area contributed by atoms with Crippen LogP contribution in [-0.4, -0.2) is 23.9 Å². The fourth-order valence-corrected chi connectivity index (χ4v) is 1.06. The Morgan fingerprint density at radius 3 is 2.09 bits per heavy atom. The van der Waals surface area contributed by atoms with Crippen molar-refractivity contribution < 1.29 is 4.79 Å². The van der Waals surface area contributed by atoms with Crippen molar-refractivity contribution in [2.75, 3.05) is 13.1 Å². The molecule has 0 saturated carbocycles. The quantitative estimate of drug-likeness (QED) is 0.598. The van der Waals surface area contributed by atoms with Crippen LogP contribution in [0.2, 0.25) is 0 Å². The molecule has 2 nitrogen and oxygen atoms in total. The molecule has 2 heteroatoms. The number of nitrogens with zero attached hydrogens (tertiary/aromatic N) is 1. The lowest BCUT2D eigenvalue weighted by Crippen LogP contribution is -2.30. The van der Waals surface area contributed by atoms with Gasteiger partial charge in [0.2, 0.25) is 5.91 Å². The molecule has 0 aromatic heterocycles. The Morgan fingerprint density at radius 1 is 1.18 bits per heavy atom. The molecular formula is C9H19NO. The van der Waals surface area contributed by atoms with Crippen molar-refractivity contribution in [3.05, 3.63) is 0 Å². The topological polar surface area (TPSA) is 20.3 Å². The van der Waals surface area contributed by atoms with Gasteiger partial charge in [-0.1, -0.05) is 13.3 Å². The summed E-state index contributed by atoms with van der Waals surface area (Å²) in [6, 6.07) is 0. The number of hydrogen-bond acceptors (Lipinski definition) is 1. The molecular weight excluding hydrogens is 138 g/mol. The van der Waals surface area contributed by atoms with Gasteiger partial charge in [0.05, 0.1) is 0 Å². The van der Waals surface area contributed by atoms with Crippen LogP contribution in [0.1, 0.15) is 40.0 Å². The van der Waals surface area contributed by atoms with E-state index in [2.05, 4.69) is 6.92 Å². The minimum atomic E-state index is 0.303. The number of rotatable bonds is 5. The first-order valence-electron chi connectivity index (χ1n) is 4.54. The van der Waals surface area contributed by atoms with Crippen molar-refractivity contribution in [3.63, 3.8) is 0 Å². The van der Waals surface area contributed by atoms with Crippen LogP contribution < -0.4 is 0 Å². The van der Waals surface area contributed by atoms with Crippen LogP contribution in [0.5, 0.6) is 0 Å². The highest BCUT2D eigenvalue weighted by molar-refractivity contribution is 5.75. The molecule has 0 rings (SSSR count). The number of hydrogen-bond donors (Lipinski definition) is 0. The fourth-order valence-electron chi connectivity index (χ4n) is 1.06. The fraction of sp³-hybridized carbons (Fsp3) is 0.889. The number of carbonyl (C=O) groups excluding carboxylic acids is 1. The maximum atomic E-state index is 11.3. The van der Waals surface area contributed by atoms with E-state index in [1.165, 1.54) is 0 Å². The standard InChI is InChI=1S/C9H19NO/c1-4-7-8-9(11)10(5-2)6-3/h4-8H2,1-3H3. The van der Waals surface area contributed by atoms with E-state index in [0.717, 1.165) is 32.4 Å². The first kappa shape index (κ1) is 10.5. The van der Waals surface area contributed by atoms with Crippen molar-refractivity contribution >= 4 is 5.91 Å². The van der Waals surface area contributed by atoms with Crippen LogP contribution in [0.15, 0.2) is 0 Å². The predicted octanol–water partition coefficient (Wildman–Crippen LogP) is 2.04.